The molecule has 0 heterocycles. The number of amides is 1. The second kappa shape index (κ2) is 13.6. The Balaban J connectivity index is 0.00000210. The summed E-state index contributed by atoms with van der Waals surface area (Å²) >= 11 is 0. The molecule has 0 bridgehead atoms. The summed E-state index contributed by atoms with van der Waals surface area (Å²) in [6.45, 7) is 3.52. The molecule has 2 aromatic carbocycles. The maximum atomic E-state index is 12.2. The normalized spacial score (nSPS) is 18.0. The van der Waals surface area contributed by atoms with Crippen LogP contribution >= 0.6 is 24.8 Å². The fourth-order valence-electron chi connectivity index (χ4n) is 3.81. The van der Waals surface area contributed by atoms with E-state index in [2.05, 4.69) is 70.9 Å². The highest BCUT2D eigenvalue weighted by Gasteiger charge is 2.27. The average molecular weight is 438 g/mol. The van der Waals surface area contributed by atoms with Crippen LogP contribution in [0.2, 0.25) is 0 Å². The minimum Gasteiger partial charge on any atom is -0.356 e. The summed E-state index contributed by atoms with van der Waals surface area (Å²) < 4.78 is 0. The number of benzene rings is 2. The number of hydrogen-bond acceptors (Lipinski definition) is 3. The lowest BCUT2D eigenvalue weighted by Crippen LogP contribution is -2.33. The highest BCUT2D eigenvalue weighted by atomic mass is 35.5. The molecule has 1 fully saturated rings. The summed E-state index contributed by atoms with van der Waals surface area (Å²) in [5, 5.41) is 3.11. The van der Waals surface area contributed by atoms with Gasteiger partial charge in [-0.25, -0.2) is 0 Å². The van der Waals surface area contributed by atoms with E-state index in [1.807, 2.05) is 0 Å². The van der Waals surface area contributed by atoms with Gasteiger partial charge in [-0.05, 0) is 36.8 Å². The van der Waals surface area contributed by atoms with Gasteiger partial charge >= 0.3 is 0 Å². The molecule has 1 amide bonds. The predicted octanol–water partition coefficient (Wildman–Crippen LogP) is 4.17. The van der Waals surface area contributed by atoms with Crippen LogP contribution in [0.5, 0.6) is 0 Å². The number of nitrogens with zero attached hydrogens (tertiary/aromatic N) is 1. The Bertz CT molecular complexity index is 658. The Labute approximate surface area is 187 Å². The SMILES string of the molecule is Cl.Cl.NC1CCC(C(=O)NCCCN(Cc2ccccc2)Cc2ccccc2)C1. The third-order valence-electron chi connectivity index (χ3n) is 5.29. The molecule has 2 aromatic rings. The van der Waals surface area contributed by atoms with Crippen LogP contribution in [0, 0.1) is 5.92 Å². The van der Waals surface area contributed by atoms with Gasteiger partial charge in [-0.2, -0.15) is 0 Å². The number of nitrogens with one attached hydrogen (secondary N) is 1. The third-order valence-corrected chi connectivity index (χ3v) is 5.29. The van der Waals surface area contributed by atoms with E-state index < -0.39 is 0 Å². The molecule has 29 heavy (non-hydrogen) atoms. The summed E-state index contributed by atoms with van der Waals surface area (Å²) in [6, 6.07) is 21.3. The molecule has 1 saturated carbocycles. The van der Waals surface area contributed by atoms with Gasteiger partial charge in [0.15, 0.2) is 0 Å². The maximum absolute atomic E-state index is 12.2. The first-order valence-corrected chi connectivity index (χ1v) is 10.0. The number of carbonyl (C=O) groups excluding carboxylic acids is 1. The number of carbonyl (C=O) groups is 1. The topological polar surface area (TPSA) is 58.4 Å². The Morgan fingerprint density at radius 1 is 0.931 bits per heavy atom. The highest BCUT2D eigenvalue weighted by Crippen LogP contribution is 2.23. The first-order chi connectivity index (χ1) is 13.2. The summed E-state index contributed by atoms with van der Waals surface area (Å²) in [7, 11) is 0. The molecular formula is C23H33Cl2N3O. The van der Waals surface area contributed by atoms with E-state index in [0.29, 0.717) is 0 Å². The minimum absolute atomic E-state index is 0. The zero-order chi connectivity index (χ0) is 18.9. The molecule has 0 saturated heterocycles. The summed E-state index contributed by atoms with van der Waals surface area (Å²) in [4.78, 5) is 14.7. The van der Waals surface area contributed by atoms with Gasteiger partial charge in [-0.15, -0.1) is 24.8 Å². The molecule has 2 unspecified atom stereocenters. The lowest BCUT2D eigenvalue weighted by molar-refractivity contribution is -0.124. The minimum atomic E-state index is 0. The highest BCUT2D eigenvalue weighted by molar-refractivity contribution is 5.85. The fourth-order valence-corrected chi connectivity index (χ4v) is 3.81. The van der Waals surface area contributed by atoms with E-state index in [4.69, 9.17) is 5.73 Å². The maximum Gasteiger partial charge on any atom is 0.223 e. The molecule has 1 aliphatic rings. The zero-order valence-electron chi connectivity index (χ0n) is 16.8. The van der Waals surface area contributed by atoms with Crippen molar-refractivity contribution in [2.75, 3.05) is 13.1 Å². The van der Waals surface area contributed by atoms with E-state index in [0.717, 1.165) is 51.9 Å². The van der Waals surface area contributed by atoms with E-state index in [-0.39, 0.29) is 42.7 Å². The Hall–Kier alpha value is -1.59. The van der Waals surface area contributed by atoms with Gasteiger partial charge < -0.3 is 11.1 Å². The van der Waals surface area contributed by atoms with Gasteiger partial charge in [0.25, 0.3) is 0 Å². The van der Waals surface area contributed by atoms with E-state index in [1.54, 1.807) is 0 Å². The predicted molar refractivity (Wildman–Crippen MR) is 124 cm³/mol. The van der Waals surface area contributed by atoms with Crippen molar-refractivity contribution in [1.29, 1.82) is 0 Å². The summed E-state index contributed by atoms with van der Waals surface area (Å²) in [5.41, 5.74) is 8.55. The summed E-state index contributed by atoms with van der Waals surface area (Å²) in [5.74, 6) is 0.297. The smallest absolute Gasteiger partial charge is 0.223 e. The molecule has 0 spiro atoms. The molecule has 160 valence electrons. The molecule has 0 radical (unpaired) electrons. The second-order valence-electron chi connectivity index (χ2n) is 7.60. The van der Waals surface area contributed by atoms with Crippen LogP contribution < -0.4 is 11.1 Å². The number of hydrogen-bond donors (Lipinski definition) is 2. The molecule has 2 atom stereocenters. The van der Waals surface area contributed by atoms with Gasteiger partial charge in [0.1, 0.15) is 0 Å². The van der Waals surface area contributed by atoms with Gasteiger partial charge in [0.2, 0.25) is 5.91 Å². The van der Waals surface area contributed by atoms with Crippen LogP contribution in [0.3, 0.4) is 0 Å². The van der Waals surface area contributed by atoms with Gasteiger partial charge in [-0.1, -0.05) is 60.7 Å². The van der Waals surface area contributed by atoms with Crippen LogP contribution in [0.4, 0.5) is 0 Å². The number of halogens is 2. The van der Waals surface area contributed by atoms with Crippen molar-refractivity contribution >= 4 is 30.7 Å². The fraction of sp³-hybridized carbons (Fsp3) is 0.435. The van der Waals surface area contributed by atoms with E-state index in [9.17, 15) is 4.79 Å². The van der Waals surface area contributed by atoms with Crippen molar-refractivity contribution in [3.63, 3.8) is 0 Å². The van der Waals surface area contributed by atoms with Crippen molar-refractivity contribution in [2.45, 2.75) is 44.8 Å². The van der Waals surface area contributed by atoms with Crippen LogP contribution in [0.25, 0.3) is 0 Å². The van der Waals surface area contributed by atoms with Crippen molar-refractivity contribution in [1.82, 2.24) is 10.2 Å². The standard InChI is InChI=1S/C23H31N3O.2ClH/c24-22-13-12-21(16-22)23(27)25-14-7-15-26(17-19-8-3-1-4-9-19)18-20-10-5-2-6-11-20;;/h1-6,8-11,21-22H,7,12-18,24H2,(H,25,27);2*1H. The first-order valence-electron chi connectivity index (χ1n) is 10.0. The molecule has 3 rings (SSSR count). The third kappa shape index (κ3) is 8.75. The second-order valence-corrected chi connectivity index (χ2v) is 7.60. The van der Waals surface area contributed by atoms with Crippen LogP contribution in [-0.4, -0.2) is 29.9 Å². The zero-order valence-corrected chi connectivity index (χ0v) is 18.5. The van der Waals surface area contributed by atoms with Crippen LogP contribution in [0.15, 0.2) is 60.7 Å². The quantitative estimate of drug-likeness (QED) is 0.578. The monoisotopic (exact) mass is 437 g/mol. The Morgan fingerprint density at radius 2 is 1.48 bits per heavy atom. The molecule has 0 aromatic heterocycles. The molecule has 6 heteroatoms. The van der Waals surface area contributed by atoms with Crippen molar-refractivity contribution in [3.05, 3.63) is 71.8 Å². The van der Waals surface area contributed by atoms with E-state index in [1.165, 1.54) is 11.1 Å². The lowest BCUT2D eigenvalue weighted by Gasteiger charge is -2.23. The van der Waals surface area contributed by atoms with Gasteiger partial charge in [0.05, 0.1) is 0 Å². The molecule has 0 aliphatic heterocycles. The van der Waals surface area contributed by atoms with Crippen LogP contribution in [0.1, 0.15) is 36.8 Å². The molecular weight excluding hydrogens is 405 g/mol. The average Bonchev–Trinajstić information content (AvgIpc) is 3.13. The van der Waals surface area contributed by atoms with Crippen molar-refractivity contribution in [3.8, 4) is 0 Å². The molecule has 3 N–H and O–H groups in total. The number of nitrogens with two attached hydrogens (primary N) is 1. The van der Waals surface area contributed by atoms with E-state index >= 15 is 0 Å². The molecule has 1 aliphatic carbocycles. The van der Waals surface area contributed by atoms with Crippen molar-refractivity contribution in [2.24, 2.45) is 11.7 Å². The Morgan fingerprint density at radius 3 is 1.97 bits per heavy atom. The van der Waals surface area contributed by atoms with Crippen LogP contribution in [-0.2, 0) is 17.9 Å². The largest absolute Gasteiger partial charge is 0.356 e. The number of rotatable bonds is 9. The van der Waals surface area contributed by atoms with Gasteiger partial charge in [0, 0.05) is 38.1 Å². The summed E-state index contributed by atoms with van der Waals surface area (Å²) in [6.07, 6.45) is 3.69. The lowest BCUT2D eigenvalue weighted by atomic mass is 10.1. The van der Waals surface area contributed by atoms with Crippen molar-refractivity contribution < 1.29 is 4.79 Å². The Kier molecular flexibility index (Phi) is 11.9. The first kappa shape index (κ1) is 25.4. The molecule has 4 nitrogen and oxygen atoms in total. The van der Waals surface area contributed by atoms with Gasteiger partial charge in [-0.3, -0.25) is 9.69 Å².